The molecule has 7 heteroatoms. The lowest BCUT2D eigenvalue weighted by atomic mass is 9.97. The van der Waals surface area contributed by atoms with E-state index in [1.807, 2.05) is 31.2 Å². The highest BCUT2D eigenvalue weighted by molar-refractivity contribution is 6.32. The number of piperidine rings is 1. The van der Waals surface area contributed by atoms with Crippen LogP contribution >= 0.6 is 11.6 Å². The number of β-amino-alcohol motifs (C(OH)–C–C–N with tert-alkyl or cyclic N) is 1. The highest BCUT2D eigenvalue weighted by Crippen LogP contribution is 2.23. The third-order valence-corrected chi connectivity index (χ3v) is 5.09. The van der Waals surface area contributed by atoms with Crippen LogP contribution in [0, 0.1) is 12.8 Å². The number of carbonyl (C=O) groups is 1. The predicted octanol–water partition coefficient (Wildman–Crippen LogP) is 3.13. The van der Waals surface area contributed by atoms with Gasteiger partial charge in [-0.3, -0.25) is 9.69 Å². The number of aryl methyl sites for hydroxylation is 1. The van der Waals surface area contributed by atoms with Crippen LogP contribution in [0.5, 0.6) is 5.75 Å². The van der Waals surface area contributed by atoms with E-state index < -0.39 is 6.10 Å². The van der Waals surface area contributed by atoms with Gasteiger partial charge in [0.25, 0.3) is 0 Å². The van der Waals surface area contributed by atoms with E-state index in [1.165, 1.54) is 0 Å². The summed E-state index contributed by atoms with van der Waals surface area (Å²) < 4.78 is 5.61. The largest absolute Gasteiger partial charge is 0.489 e. The lowest BCUT2D eigenvalue weighted by Gasteiger charge is -2.33. The number of halogens is 1. The molecule has 1 aliphatic rings. The van der Waals surface area contributed by atoms with Crippen LogP contribution in [-0.2, 0) is 4.79 Å². The molecule has 6 nitrogen and oxygen atoms in total. The number of hydrogen-bond acceptors (Lipinski definition) is 5. The zero-order valence-electron chi connectivity index (χ0n) is 16.0. The van der Waals surface area contributed by atoms with Crippen molar-refractivity contribution < 1.29 is 14.6 Å². The number of aliphatic hydroxyl groups is 1. The molecular weight excluding hydrogens is 378 g/mol. The second-order valence-electron chi connectivity index (χ2n) is 7.20. The molecule has 2 aromatic rings. The van der Waals surface area contributed by atoms with E-state index in [0.717, 1.165) is 24.9 Å². The summed E-state index contributed by atoms with van der Waals surface area (Å²) in [4.78, 5) is 18.9. The molecule has 1 aromatic carbocycles. The topological polar surface area (TPSA) is 74.7 Å². The molecule has 1 amide bonds. The number of anilines is 1. The van der Waals surface area contributed by atoms with Crippen molar-refractivity contribution in [2.24, 2.45) is 5.92 Å². The molecule has 1 aromatic heterocycles. The van der Waals surface area contributed by atoms with Gasteiger partial charge in [0.05, 0.1) is 10.9 Å². The van der Waals surface area contributed by atoms with E-state index in [-0.39, 0.29) is 18.4 Å². The molecule has 0 spiro atoms. The molecule has 1 saturated heterocycles. The first-order valence-electron chi connectivity index (χ1n) is 9.52. The standard InChI is InChI=1S/C21H26ClN3O3/c1-15-8-9-20(23-11-15)24-21(27)16-5-4-10-25(12-16)13-17(26)14-28-19-7-3-2-6-18(19)22/h2-3,6-9,11,16-17,26H,4-5,10,12-14H2,1H3,(H,23,24,27). The van der Waals surface area contributed by atoms with E-state index in [1.54, 1.807) is 18.3 Å². The third kappa shape index (κ3) is 5.92. The van der Waals surface area contributed by atoms with Gasteiger partial charge in [-0.25, -0.2) is 4.98 Å². The molecule has 1 fully saturated rings. The number of para-hydroxylation sites is 1. The van der Waals surface area contributed by atoms with Crippen LogP contribution in [-0.4, -0.2) is 53.2 Å². The fourth-order valence-electron chi connectivity index (χ4n) is 3.30. The van der Waals surface area contributed by atoms with Crippen LogP contribution in [0.25, 0.3) is 0 Å². The van der Waals surface area contributed by atoms with Gasteiger partial charge in [0, 0.05) is 19.3 Å². The monoisotopic (exact) mass is 403 g/mol. The van der Waals surface area contributed by atoms with Crippen molar-refractivity contribution in [1.29, 1.82) is 0 Å². The molecule has 0 radical (unpaired) electrons. The molecule has 0 bridgehead atoms. The van der Waals surface area contributed by atoms with Crippen molar-refractivity contribution in [3.8, 4) is 5.75 Å². The number of rotatable bonds is 7. The molecule has 1 aliphatic heterocycles. The molecule has 2 unspecified atom stereocenters. The van der Waals surface area contributed by atoms with Crippen LogP contribution in [0.2, 0.25) is 5.02 Å². The third-order valence-electron chi connectivity index (χ3n) is 4.78. The van der Waals surface area contributed by atoms with Crippen LogP contribution in [0.3, 0.4) is 0 Å². The van der Waals surface area contributed by atoms with Crippen molar-refractivity contribution in [2.45, 2.75) is 25.9 Å². The van der Waals surface area contributed by atoms with Crippen LogP contribution in [0.4, 0.5) is 5.82 Å². The molecule has 28 heavy (non-hydrogen) atoms. The van der Waals surface area contributed by atoms with Crippen molar-refractivity contribution in [3.05, 3.63) is 53.2 Å². The Morgan fingerprint density at radius 2 is 2.21 bits per heavy atom. The Hall–Kier alpha value is -2.15. The number of likely N-dealkylation sites (tertiary alicyclic amines) is 1. The summed E-state index contributed by atoms with van der Waals surface area (Å²) in [6, 6.07) is 10.9. The number of benzene rings is 1. The van der Waals surface area contributed by atoms with Crippen LogP contribution < -0.4 is 10.1 Å². The van der Waals surface area contributed by atoms with Gasteiger partial charge in [0.1, 0.15) is 24.3 Å². The first-order valence-corrected chi connectivity index (χ1v) is 9.90. The predicted molar refractivity (Wildman–Crippen MR) is 110 cm³/mol. The summed E-state index contributed by atoms with van der Waals surface area (Å²) in [5.74, 6) is 0.988. The summed E-state index contributed by atoms with van der Waals surface area (Å²) in [7, 11) is 0. The van der Waals surface area contributed by atoms with E-state index in [0.29, 0.717) is 29.7 Å². The molecule has 150 valence electrons. The first-order chi connectivity index (χ1) is 13.5. The summed E-state index contributed by atoms with van der Waals surface area (Å²) in [6.07, 6.45) is 2.83. The molecule has 3 rings (SSSR count). The summed E-state index contributed by atoms with van der Waals surface area (Å²) >= 11 is 6.06. The van der Waals surface area contributed by atoms with Gasteiger partial charge in [-0.15, -0.1) is 0 Å². The van der Waals surface area contributed by atoms with E-state index >= 15 is 0 Å². The SMILES string of the molecule is Cc1ccc(NC(=O)C2CCCN(CC(O)COc3ccccc3Cl)C2)nc1. The van der Waals surface area contributed by atoms with Gasteiger partial charge in [-0.2, -0.15) is 0 Å². The maximum Gasteiger partial charge on any atom is 0.229 e. The minimum Gasteiger partial charge on any atom is -0.489 e. The minimum absolute atomic E-state index is 0.0251. The number of carbonyl (C=O) groups excluding carboxylic acids is 1. The Bertz CT molecular complexity index is 785. The highest BCUT2D eigenvalue weighted by atomic mass is 35.5. The number of ether oxygens (including phenoxy) is 1. The van der Waals surface area contributed by atoms with Crippen molar-refractivity contribution >= 4 is 23.3 Å². The summed E-state index contributed by atoms with van der Waals surface area (Å²) in [5, 5.41) is 13.7. The lowest BCUT2D eigenvalue weighted by Crippen LogP contribution is -2.44. The molecule has 0 saturated carbocycles. The summed E-state index contributed by atoms with van der Waals surface area (Å²) in [5.41, 5.74) is 1.05. The molecule has 0 aliphatic carbocycles. The number of nitrogens with zero attached hydrogens (tertiary/aromatic N) is 2. The van der Waals surface area contributed by atoms with E-state index in [9.17, 15) is 9.90 Å². The van der Waals surface area contributed by atoms with Gasteiger partial charge in [0.2, 0.25) is 5.91 Å². The number of pyridine rings is 1. The smallest absolute Gasteiger partial charge is 0.229 e. The minimum atomic E-state index is -0.656. The number of hydrogen-bond donors (Lipinski definition) is 2. The van der Waals surface area contributed by atoms with Crippen LogP contribution in [0.1, 0.15) is 18.4 Å². The van der Waals surface area contributed by atoms with Crippen molar-refractivity contribution in [2.75, 3.05) is 31.6 Å². The van der Waals surface area contributed by atoms with Gasteiger partial charge in [0.15, 0.2) is 0 Å². The van der Waals surface area contributed by atoms with Gasteiger partial charge < -0.3 is 15.2 Å². The maximum absolute atomic E-state index is 12.6. The zero-order valence-corrected chi connectivity index (χ0v) is 16.7. The Morgan fingerprint density at radius 3 is 2.96 bits per heavy atom. The normalized spacial score (nSPS) is 18.5. The Kier molecular flexibility index (Phi) is 7.25. The van der Waals surface area contributed by atoms with Crippen LogP contribution in [0.15, 0.2) is 42.6 Å². The van der Waals surface area contributed by atoms with Crippen molar-refractivity contribution in [3.63, 3.8) is 0 Å². The highest BCUT2D eigenvalue weighted by Gasteiger charge is 2.27. The first kappa shape index (κ1) is 20.6. The van der Waals surface area contributed by atoms with Gasteiger partial charge in [-0.1, -0.05) is 29.8 Å². The number of nitrogens with one attached hydrogen (secondary N) is 1. The second-order valence-corrected chi connectivity index (χ2v) is 7.61. The molecule has 2 heterocycles. The fraction of sp³-hybridized carbons (Fsp3) is 0.429. The Morgan fingerprint density at radius 1 is 1.39 bits per heavy atom. The van der Waals surface area contributed by atoms with Gasteiger partial charge >= 0.3 is 0 Å². The lowest BCUT2D eigenvalue weighted by molar-refractivity contribution is -0.121. The quantitative estimate of drug-likeness (QED) is 0.742. The van der Waals surface area contributed by atoms with E-state index in [2.05, 4.69) is 15.2 Å². The molecule has 2 N–H and O–H groups in total. The summed E-state index contributed by atoms with van der Waals surface area (Å²) in [6.45, 7) is 4.04. The average Bonchev–Trinajstić information content (AvgIpc) is 2.69. The average molecular weight is 404 g/mol. The Balaban J connectivity index is 1.46. The second kappa shape index (κ2) is 9.87. The molecule has 2 atom stereocenters. The maximum atomic E-state index is 12.6. The Labute approximate surface area is 170 Å². The molecular formula is C21H26ClN3O3. The van der Waals surface area contributed by atoms with Crippen molar-refractivity contribution in [1.82, 2.24) is 9.88 Å². The number of aromatic nitrogens is 1. The van der Waals surface area contributed by atoms with Gasteiger partial charge in [-0.05, 0) is 50.1 Å². The number of amides is 1. The fourth-order valence-corrected chi connectivity index (χ4v) is 3.49. The van der Waals surface area contributed by atoms with E-state index in [4.69, 9.17) is 16.3 Å². The number of aliphatic hydroxyl groups excluding tert-OH is 1. The zero-order chi connectivity index (χ0) is 19.9.